The van der Waals surface area contributed by atoms with Crippen LogP contribution in [0.2, 0.25) is 0 Å². The lowest BCUT2D eigenvalue weighted by Gasteiger charge is -2.33. The van der Waals surface area contributed by atoms with Crippen molar-refractivity contribution in [3.8, 4) is 0 Å². The van der Waals surface area contributed by atoms with E-state index < -0.39 is 0 Å². The van der Waals surface area contributed by atoms with Crippen molar-refractivity contribution in [3.63, 3.8) is 0 Å². The zero-order chi connectivity index (χ0) is 16.8. The first kappa shape index (κ1) is 20.5. The number of pyridine rings is 1. The third-order valence-electron chi connectivity index (χ3n) is 5.77. The summed E-state index contributed by atoms with van der Waals surface area (Å²) in [6, 6.07) is 2.12. The second-order valence-electron chi connectivity index (χ2n) is 7.52. The topological polar surface area (TPSA) is 40.5 Å². The summed E-state index contributed by atoms with van der Waals surface area (Å²) in [5.74, 6) is 1.12. The van der Waals surface area contributed by atoms with Crippen LogP contribution in [-0.2, 0) is 6.42 Å². The van der Waals surface area contributed by atoms with Crippen molar-refractivity contribution < 1.29 is 0 Å². The predicted octanol–water partition coefficient (Wildman–Crippen LogP) is 4.17. The minimum Gasteiger partial charge on any atom is -0.357 e. The molecule has 0 radical (unpaired) electrons. The molecule has 1 aliphatic carbocycles. The van der Waals surface area contributed by atoms with Crippen LogP contribution in [0, 0.1) is 12.3 Å². The van der Waals surface area contributed by atoms with Crippen LogP contribution < -0.4 is 5.32 Å². The molecule has 0 amide bonds. The fourth-order valence-corrected chi connectivity index (χ4v) is 4.32. The molecule has 2 heterocycles. The number of guanidine groups is 1. The fourth-order valence-electron chi connectivity index (χ4n) is 4.32. The Labute approximate surface area is 169 Å². The van der Waals surface area contributed by atoms with Crippen LogP contribution in [0.3, 0.4) is 0 Å². The molecule has 1 aliphatic heterocycles. The molecule has 1 aromatic rings. The minimum atomic E-state index is 0. The molecule has 140 valence electrons. The molecule has 1 saturated carbocycles. The number of halogens is 1. The van der Waals surface area contributed by atoms with E-state index in [-0.39, 0.29) is 24.0 Å². The first-order chi connectivity index (χ1) is 11.7. The maximum atomic E-state index is 4.92. The maximum Gasteiger partial charge on any atom is 0.193 e. The Balaban J connectivity index is 0.00000225. The Bertz CT molecular complexity index is 567. The number of aliphatic imine (C=N–C) groups is 1. The number of rotatable bonds is 4. The third kappa shape index (κ3) is 5.31. The molecule has 0 unspecified atom stereocenters. The van der Waals surface area contributed by atoms with Gasteiger partial charge in [0.1, 0.15) is 0 Å². The van der Waals surface area contributed by atoms with Crippen molar-refractivity contribution in [3.05, 3.63) is 29.6 Å². The molecule has 2 fully saturated rings. The van der Waals surface area contributed by atoms with Crippen LogP contribution in [0.5, 0.6) is 0 Å². The number of aromatic nitrogens is 1. The van der Waals surface area contributed by atoms with Crippen LogP contribution in [0.15, 0.2) is 23.5 Å². The minimum absolute atomic E-state index is 0. The Kier molecular flexibility index (Phi) is 7.97. The molecular weight excluding hydrogens is 423 g/mol. The van der Waals surface area contributed by atoms with E-state index in [0.29, 0.717) is 5.41 Å². The van der Waals surface area contributed by atoms with Gasteiger partial charge in [-0.2, -0.15) is 0 Å². The quantitative estimate of drug-likeness (QED) is 0.420. The fraction of sp³-hybridized carbons (Fsp3) is 0.700. The van der Waals surface area contributed by atoms with E-state index >= 15 is 0 Å². The normalized spacial score (nSPS) is 19.8. The average molecular weight is 456 g/mol. The van der Waals surface area contributed by atoms with Crippen LogP contribution in [0.1, 0.15) is 56.6 Å². The SMILES string of the molecule is CCNC(=NCCc1ccncc1C)N1CCC2(CCCCC2)C1.I. The average Bonchev–Trinajstić information content (AvgIpc) is 3.00. The second kappa shape index (κ2) is 9.74. The summed E-state index contributed by atoms with van der Waals surface area (Å²) in [6.45, 7) is 8.44. The number of hydrogen-bond donors (Lipinski definition) is 1. The van der Waals surface area contributed by atoms with Crippen molar-refractivity contribution in [2.24, 2.45) is 10.4 Å². The lowest BCUT2D eigenvalue weighted by molar-refractivity contribution is 0.203. The Hall–Kier alpha value is -0.850. The van der Waals surface area contributed by atoms with Gasteiger partial charge >= 0.3 is 0 Å². The summed E-state index contributed by atoms with van der Waals surface area (Å²) >= 11 is 0. The monoisotopic (exact) mass is 456 g/mol. The highest BCUT2D eigenvalue weighted by Gasteiger charge is 2.39. The zero-order valence-electron chi connectivity index (χ0n) is 15.8. The van der Waals surface area contributed by atoms with Gasteiger partial charge in [-0.15, -0.1) is 24.0 Å². The molecule has 1 spiro atoms. The summed E-state index contributed by atoms with van der Waals surface area (Å²) in [5, 5.41) is 3.51. The summed E-state index contributed by atoms with van der Waals surface area (Å²) in [6.07, 6.45) is 13.3. The van der Waals surface area contributed by atoms with Gasteiger partial charge in [0.05, 0.1) is 0 Å². The summed E-state index contributed by atoms with van der Waals surface area (Å²) in [4.78, 5) is 11.6. The van der Waals surface area contributed by atoms with Crippen LogP contribution >= 0.6 is 24.0 Å². The van der Waals surface area contributed by atoms with Gasteiger partial charge < -0.3 is 10.2 Å². The molecule has 5 heteroatoms. The highest BCUT2D eigenvalue weighted by molar-refractivity contribution is 14.0. The first-order valence-corrected chi connectivity index (χ1v) is 9.65. The molecule has 1 aromatic heterocycles. The smallest absolute Gasteiger partial charge is 0.193 e. The molecule has 25 heavy (non-hydrogen) atoms. The Morgan fingerprint density at radius 3 is 2.80 bits per heavy atom. The summed E-state index contributed by atoms with van der Waals surface area (Å²) < 4.78 is 0. The number of aryl methyl sites for hydroxylation is 1. The first-order valence-electron chi connectivity index (χ1n) is 9.65. The van der Waals surface area contributed by atoms with Crippen molar-refractivity contribution in [1.29, 1.82) is 0 Å². The van der Waals surface area contributed by atoms with Crippen LogP contribution in [-0.4, -0.2) is 42.0 Å². The summed E-state index contributed by atoms with van der Waals surface area (Å²) in [7, 11) is 0. The van der Waals surface area contributed by atoms with Gasteiger partial charge in [0.15, 0.2) is 5.96 Å². The third-order valence-corrected chi connectivity index (χ3v) is 5.77. The number of hydrogen-bond acceptors (Lipinski definition) is 2. The largest absolute Gasteiger partial charge is 0.357 e. The Morgan fingerprint density at radius 1 is 1.28 bits per heavy atom. The molecule has 1 N–H and O–H groups in total. The number of nitrogens with one attached hydrogen (secondary N) is 1. The van der Waals surface area contributed by atoms with Gasteiger partial charge in [-0.1, -0.05) is 19.3 Å². The van der Waals surface area contributed by atoms with E-state index in [1.54, 1.807) is 0 Å². The van der Waals surface area contributed by atoms with Gasteiger partial charge in [0, 0.05) is 38.6 Å². The number of nitrogens with zero attached hydrogens (tertiary/aromatic N) is 3. The van der Waals surface area contributed by atoms with Crippen molar-refractivity contribution in [2.75, 3.05) is 26.2 Å². The molecule has 0 atom stereocenters. The van der Waals surface area contributed by atoms with E-state index in [9.17, 15) is 0 Å². The van der Waals surface area contributed by atoms with Crippen molar-refractivity contribution >= 4 is 29.9 Å². The lowest BCUT2D eigenvalue weighted by atomic mass is 9.73. The Morgan fingerprint density at radius 2 is 2.08 bits per heavy atom. The number of likely N-dealkylation sites (tertiary alicyclic amines) is 1. The molecule has 1 saturated heterocycles. The van der Waals surface area contributed by atoms with E-state index in [0.717, 1.165) is 25.5 Å². The molecule has 0 bridgehead atoms. The second-order valence-corrected chi connectivity index (χ2v) is 7.52. The van der Waals surface area contributed by atoms with E-state index in [4.69, 9.17) is 4.99 Å². The van der Waals surface area contributed by atoms with Crippen molar-refractivity contribution in [1.82, 2.24) is 15.2 Å². The van der Waals surface area contributed by atoms with Crippen molar-refractivity contribution in [2.45, 2.75) is 58.8 Å². The predicted molar refractivity (Wildman–Crippen MR) is 116 cm³/mol. The standard InChI is InChI=1S/C20H32N4.HI/c1-3-22-19(23-13-8-18-7-12-21-15-17(18)2)24-14-11-20(16-24)9-5-4-6-10-20;/h7,12,15H,3-6,8-11,13-14,16H2,1-2H3,(H,22,23);1H. The van der Waals surface area contributed by atoms with Gasteiger partial charge in [-0.05, 0) is 62.1 Å². The van der Waals surface area contributed by atoms with Gasteiger partial charge in [-0.3, -0.25) is 9.98 Å². The van der Waals surface area contributed by atoms with E-state index in [1.807, 2.05) is 12.4 Å². The molecule has 0 aromatic carbocycles. The van der Waals surface area contributed by atoms with Gasteiger partial charge in [0.2, 0.25) is 0 Å². The molecule has 2 aliphatic rings. The molecule has 4 nitrogen and oxygen atoms in total. The molecular formula is C20H33IN4. The van der Waals surface area contributed by atoms with E-state index in [1.165, 1.54) is 62.7 Å². The highest BCUT2D eigenvalue weighted by Crippen LogP contribution is 2.43. The zero-order valence-corrected chi connectivity index (χ0v) is 18.1. The van der Waals surface area contributed by atoms with Crippen LogP contribution in [0.25, 0.3) is 0 Å². The van der Waals surface area contributed by atoms with E-state index in [2.05, 4.69) is 35.1 Å². The molecule has 3 rings (SSSR count). The van der Waals surface area contributed by atoms with Gasteiger partial charge in [0.25, 0.3) is 0 Å². The lowest BCUT2D eigenvalue weighted by Crippen LogP contribution is -2.41. The highest BCUT2D eigenvalue weighted by atomic mass is 127. The summed E-state index contributed by atoms with van der Waals surface area (Å²) in [5.41, 5.74) is 3.20. The van der Waals surface area contributed by atoms with Crippen LogP contribution in [0.4, 0.5) is 0 Å². The van der Waals surface area contributed by atoms with Gasteiger partial charge in [-0.25, -0.2) is 0 Å². The maximum absolute atomic E-state index is 4.92.